The van der Waals surface area contributed by atoms with Crippen LogP contribution in [0.5, 0.6) is 11.5 Å². The maximum atomic E-state index is 12.3. The number of esters is 1. The fraction of sp³-hybridized carbons (Fsp3) is 0.462. The first-order valence-corrected chi connectivity index (χ1v) is 5.92. The molecule has 0 fully saturated rings. The van der Waals surface area contributed by atoms with Gasteiger partial charge in [-0.2, -0.15) is 13.2 Å². The Kier molecular flexibility index (Phi) is 5.83. The zero-order valence-corrected chi connectivity index (χ0v) is 11.8. The smallest absolute Gasteiger partial charge is 0.401 e. The molecule has 0 spiro atoms. The number of rotatable bonds is 6. The van der Waals surface area contributed by atoms with E-state index in [1.807, 2.05) is 0 Å². The number of hydrogen-bond donors (Lipinski definition) is 1. The van der Waals surface area contributed by atoms with E-state index in [4.69, 9.17) is 9.47 Å². The number of carbonyl (C=O) groups is 1. The number of benzene rings is 1. The number of nitrogens with one attached hydrogen (secondary N) is 1. The second-order valence-corrected chi connectivity index (χ2v) is 4.07. The quantitative estimate of drug-likeness (QED) is 0.815. The highest BCUT2D eigenvalue weighted by molar-refractivity contribution is 5.78. The zero-order valence-electron chi connectivity index (χ0n) is 11.8. The Bertz CT molecular complexity index is 491. The fourth-order valence-corrected chi connectivity index (χ4v) is 1.71. The van der Waals surface area contributed by atoms with E-state index in [9.17, 15) is 18.0 Å². The van der Waals surface area contributed by atoms with Gasteiger partial charge < -0.3 is 14.2 Å². The van der Waals surface area contributed by atoms with Crippen molar-refractivity contribution in [3.63, 3.8) is 0 Å². The van der Waals surface area contributed by atoms with Crippen LogP contribution in [0.4, 0.5) is 13.2 Å². The Morgan fingerprint density at radius 3 is 2.29 bits per heavy atom. The first kappa shape index (κ1) is 17.1. The van der Waals surface area contributed by atoms with Gasteiger partial charge in [0, 0.05) is 0 Å². The standard InChI is InChI=1S/C13H16F3NO4/c1-19-9-5-4-8(6-10(9)20-2)11(12(18)21-3)17-7-13(14,15)16/h4-6,11,17H,7H2,1-3H3. The van der Waals surface area contributed by atoms with Crippen LogP contribution in [-0.4, -0.2) is 40.0 Å². The Morgan fingerprint density at radius 2 is 1.81 bits per heavy atom. The van der Waals surface area contributed by atoms with Gasteiger partial charge in [-0.1, -0.05) is 6.07 Å². The molecule has 0 saturated heterocycles. The topological polar surface area (TPSA) is 56.8 Å². The van der Waals surface area contributed by atoms with Crippen LogP contribution >= 0.6 is 0 Å². The van der Waals surface area contributed by atoms with Crippen LogP contribution < -0.4 is 14.8 Å². The number of halogens is 3. The first-order valence-electron chi connectivity index (χ1n) is 5.92. The van der Waals surface area contributed by atoms with E-state index >= 15 is 0 Å². The molecule has 8 heteroatoms. The molecule has 0 aliphatic carbocycles. The van der Waals surface area contributed by atoms with E-state index in [2.05, 4.69) is 10.1 Å². The molecule has 0 heterocycles. The summed E-state index contributed by atoms with van der Waals surface area (Å²) in [5.41, 5.74) is 0.281. The maximum Gasteiger partial charge on any atom is 0.401 e. The molecule has 0 bridgehead atoms. The van der Waals surface area contributed by atoms with Gasteiger partial charge in [0.05, 0.1) is 27.9 Å². The van der Waals surface area contributed by atoms with Crippen molar-refractivity contribution < 1.29 is 32.2 Å². The predicted molar refractivity (Wildman–Crippen MR) is 68.4 cm³/mol. The van der Waals surface area contributed by atoms with Crippen molar-refractivity contribution in [3.05, 3.63) is 23.8 Å². The lowest BCUT2D eigenvalue weighted by molar-refractivity contribution is -0.146. The second-order valence-electron chi connectivity index (χ2n) is 4.07. The van der Waals surface area contributed by atoms with Crippen molar-refractivity contribution in [2.45, 2.75) is 12.2 Å². The van der Waals surface area contributed by atoms with Crippen molar-refractivity contribution in [1.82, 2.24) is 5.32 Å². The van der Waals surface area contributed by atoms with E-state index in [1.165, 1.54) is 32.4 Å². The van der Waals surface area contributed by atoms with Crippen LogP contribution in [-0.2, 0) is 9.53 Å². The van der Waals surface area contributed by atoms with Gasteiger partial charge in [-0.3, -0.25) is 5.32 Å². The SMILES string of the molecule is COC(=O)C(NCC(F)(F)F)c1ccc(OC)c(OC)c1. The van der Waals surface area contributed by atoms with Crippen molar-refractivity contribution >= 4 is 5.97 Å². The van der Waals surface area contributed by atoms with Crippen LogP contribution in [0.15, 0.2) is 18.2 Å². The number of ether oxygens (including phenoxy) is 3. The van der Waals surface area contributed by atoms with Crippen LogP contribution in [0.2, 0.25) is 0 Å². The van der Waals surface area contributed by atoms with E-state index in [0.717, 1.165) is 7.11 Å². The predicted octanol–water partition coefficient (Wildman–Crippen LogP) is 2.07. The summed E-state index contributed by atoms with van der Waals surface area (Å²) in [5, 5.41) is 2.12. The second kappa shape index (κ2) is 7.16. The van der Waals surface area contributed by atoms with Gasteiger partial charge in [0.1, 0.15) is 6.04 Å². The minimum Gasteiger partial charge on any atom is -0.493 e. The first-order chi connectivity index (χ1) is 9.82. The summed E-state index contributed by atoms with van der Waals surface area (Å²) < 4.78 is 51.5. The Labute approximate surface area is 120 Å². The number of methoxy groups -OCH3 is 3. The molecule has 1 unspecified atom stereocenters. The zero-order chi connectivity index (χ0) is 16.0. The normalized spacial score (nSPS) is 12.7. The summed E-state index contributed by atoms with van der Waals surface area (Å²) in [6.07, 6.45) is -4.44. The molecule has 0 amide bonds. The van der Waals surface area contributed by atoms with Gasteiger partial charge in [-0.25, -0.2) is 4.79 Å². The van der Waals surface area contributed by atoms with Crippen LogP contribution in [0.25, 0.3) is 0 Å². The lowest BCUT2D eigenvalue weighted by Crippen LogP contribution is -2.36. The lowest BCUT2D eigenvalue weighted by Gasteiger charge is -2.19. The third-order valence-electron chi connectivity index (χ3n) is 2.68. The summed E-state index contributed by atoms with van der Waals surface area (Å²) in [5.74, 6) is -0.120. The molecule has 1 rings (SSSR count). The molecular weight excluding hydrogens is 291 g/mol. The molecule has 0 radical (unpaired) electrons. The molecule has 1 atom stereocenters. The Hall–Kier alpha value is -1.96. The summed E-state index contributed by atoms with van der Waals surface area (Å²) in [7, 11) is 3.92. The van der Waals surface area contributed by atoms with E-state index in [1.54, 1.807) is 0 Å². The Balaban J connectivity index is 3.05. The number of carbonyl (C=O) groups excluding carboxylic acids is 1. The van der Waals surface area contributed by atoms with Crippen LogP contribution in [0, 0.1) is 0 Å². The molecule has 118 valence electrons. The molecule has 0 saturated carbocycles. The van der Waals surface area contributed by atoms with Crippen LogP contribution in [0.1, 0.15) is 11.6 Å². The van der Waals surface area contributed by atoms with Crippen molar-refractivity contribution in [2.75, 3.05) is 27.9 Å². The largest absolute Gasteiger partial charge is 0.493 e. The molecule has 0 aliphatic rings. The van der Waals surface area contributed by atoms with E-state index in [-0.39, 0.29) is 5.56 Å². The molecule has 5 nitrogen and oxygen atoms in total. The van der Waals surface area contributed by atoms with Crippen molar-refractivity contribution in [3.8, 4) is 11.5 Å². The van der Waals surface area contributed by atoms with E-state index in [0.29, 0.717) is 11.5 Å². The van der Waals surface area contributed by atoms with Crippen LogP contribution in [0.3, 0.4) is 0 Å². The van der Waals surface area contributed by atoms with Gasteiger partial charge in [0.25, 0.3) is 0 Å². The minimum atomic E-state index is -4.44. The highest BCUT2D eigenvalue weighted by Crippen LogP contribution is 2.30. The Morgan fingerprint density at radius 1 is 1.19 bits per heavy atom. The number of hydrogen-bond acceptors (Lipinski definition) is 5. The van der Waals surface area contributed by atoms with Gasteiger partial charge >= 0.3 is 12.1 Å². The third-order valence-corrected chi connectivity index (χ3v) is 2.68. The van der Waals surface area contributed by atoms with Crippen molar-refractivity contribution in [1.29, 1.82) is 0 Å². The lowest BCUT2D eigenvalue weighted by atomic mass is 10.1. The highest BCUT2D eigenvalue weighted by Gasteiger charge is 2.31. The molecular formula is C13H16F3NO4. The minimum absolute atomic E-state index is 0.281. The van der Waals surface area contributed by atoms with Gasteiger partial charge in [0.2, 0.25) is 0 Å². The fourth-order valence-electron chi connectivity index (χ4n) is 1.71. The summed E-state index contributed by atoms with van der Waals surface area (Å²) >= 11 is 0. The highest BCUT2D eigenvalue weighted by atomic mass is 19.4. The number of alkyl halides is 3. The van der Waals surface area contributed by atoms with Gasteiger partial charge in [-0.05, 0) is 17.7 Å². The molecule has 1 aromatic rings. The molecule has 1 aromatic carbocycles. The van der Waals surface area contributed by atoms with Crippen molar-refractivity contribution in [2.24, 2.45) is 0 Å². The van der Waals surface area contributed by atoms with Gasteiger partial charge in [-0.15, -0.1) is 0 Å². The molecule has 1 N–H and O–H groups in total. The summed E-state index contributed by atoms with van der Waals surface area (Å²) in [6, 6.07) is 3.13. The average molecular weight is 307 g/mol. The monoisotopic (exact) mass is 307 g/mol. The summed E-state index contributed by atoms with van der Waals surface area (Å²) in [4.78, 5) is 11.7. The third kappa shape index (κ3) is 4.82. The molecule has 0 aromatic heterocycles. The van der Waals surface area contributed by atoms with Gasteiger partial charge in [0.15, 0.2) is 11.5 Å². The van der Waals surface area contributed by atoms with E-state index < -0.39 is 24.7 Å². The molecule has 0 aliphatic heterocycles. The maximum absolute atomic E-state index is 12.3. The average Bonchev–Trinajstić information content (AvgIpc) is 2.45. The summed E-state index contributed by atoms with van der Waals surface area (Å²) in [6.45, 7) is -1.32. The molecule has 21 heavy (non-hydrogen) atoms.